The highest BCUT2D eigenvalue weighted by molar-refractivity contribution is 5.91. The predicted octanol–water partition coefficient (Wildman–Crippen LogP) is 4.49. The van der Waals surface area contributed by atoms with Crippen molar-refractivity contribution in [1.29, 1.82) is 0 Å². The van der Waals surface area contributed by atoms with E-state index in [1.807, 2.05) is 37.3 Å². The van der Waals surface area contributed by atoms with Gasteiger partial charge in [0.1, 0.15) is 5.75 Å². The number of carbonyl (C=O) groups excluding carboxylic acids is 1. The first-order chi connectivity index (χ1) is 10.9. The maximum absolute atomic E-state index is 12.5. The lowest BCUT2D eigenvalue weighted by atomic mass is 9.98. The molecule has 0 aliphatic rings. The second-order valence-electron chi connectivity index (χ2n) is 6.11. The number of aryl methyl sites for hydroxylation is 1. The molecule has 4 nitrogen and oxygen atoms in total. The molecule has 0 fully saturated rings. The molecule has 122 valence electrons. The van der Waals surface area contributed by atoms with E-state index in [1.165, 1.54) is 0 Å². The largest absolute Gasteiger partial charge is 0.508 e. The number of para-hydroxylation sites is 2. The first-order valence-corrected chi connectivity index (χ1v) is 7.78. The van der Waals surface area contributed by atoms with Crippen molar-refractivity contribution in [1.82, 2.24) is 4.90 Å². The second kappa shape index (κ2) is 7.18. The van der Waals surface area contributed by atoms with E-state index >= 15 is 0 Å². The number of amides is 2. The van der Waals surface area contributed by atoms with Gasteiger partial charge in [-0.25, -0.2) is 4.79 Å². The van der Waals surface area contributed by atoms with Crippen LogP contribution in [0, 0.1) is 6.92 Å². The average molecular weight is 312 g/mol. The Labute approximate surface area is 137 Å². The lowest BCUT2D eigenvalue weighted by Gasteiger charge is -2.22. The van der Waals surface area contributed by atoms with Crippen LogP contribution in [0.5, 0.6) is 5.75 Å². The summed E-state index contributed by atoms with van der Waals surface area (Å²) >= 11 is 0. The number of anilines is 1. The van der Waals surface area contributed by atoms with Crippen molar-refractivity contribution in [2.75, 3.05) is 12.4 Å². The van der Waals surface area contributed by atoms with E-state index in [2.05, 4.69) is 19.2 Å². The summed E-state index contributed by atoms with van der Waals surface area (Å²) in [4.78, 5) is 14.0. The third kappa shape index (κ3) is 4.03. The Morgan fingerprint density at radius 2 is 1.87 bits per heavy atom. The molecule has 0 aliphatic carbocycles. The Bertz CT molecular complexity index is 696. The minimum absolute atomic E-state index is 0.190. The number of nitrogens with zero attached hydrogens (tertiary/aromatic N) is 1. The Balaban J connectivity index is 2.15. The molecule has 0 atom stereocenters. The van der Waals surface area contributed by atoms with Gasteiger partial charge in [0.25, 0.3) is 0 Å². The number of phenolic OH excluding ortho intramolecular Hbond substituents is 1. The van der Waals surface area contributed by atoms with Crippen LogP contribution in [-0.2, 0) is 6.54 Å². The molecule has 0 saturated heterocycles. The minimum Gasteiger partial charge on any atom is -0.508 e. The van der Waals surface area contributed by atoms with Crippen LogP contribution in [0.25, 0.3) is 0 Å². The van der Waals surface area contributed by atoms with Gasteiger partial charge in [-0.05, 0) is 30.0 Å². The van der Waals surface area contributed by atoms with E-state index in [1.54, 1.807) is 24.1 Å². The molecule has 23 heavy (non-hydrogen) atoms. The molecule has 2 aromatic rings. The molecule has 4 heteroatoms. The smallest absolute Gasteiger partial charge is 0.321 e. The highest BCUT2D eigenvalue weighted by atomic mass is 16.3. The van der Waals surface area contributed by atoms with Gasteiger partial charge in [-0.1, -0.05) is 50.2 Å². The van der Waals surface area contributed by atoms with E-state index in [0.29, 0.717) is 12.5 Å². The lowest BCUT2D eigenvalue weighted by molar-refractivity contribution is 0.220. The number of hydrogen-bond acceptors (Lipinski definition) is 2. The van der Waals surface area contributed by atoms with Gasteiger partial charge in [-0.15, -0.1) is 0 Å². The number of nitrogens with one attached hydrogen (secondary N) is 1. The molecule has 0 aromatic heterocycles. The van der Waals surface area contributed by atoms with Crippen LogP contribution in [0.3, 0.4) is 0 Å². The van der Waals surface area contributed by atoms with Crippen molar-refractivity contribution in [2.45, 2.75) is 33.2 Å². The van der Waals surface area contributed by atoms with E-state index < -0.39 is 0 Å². The number of carbonyl (C=O) groups is 1. The molecule has 2 rings (SSSR count). The molecule has 0 radical (unpaired) electrons. The van der Waals surface area contributed by atoms with Gasteiger partial charge in [0.15, 0.2) is 0 Å². The van der Waals surface area contributed by atoms with E-state index in [-0.39, 0.29) is 11.8 Å². The molecule has 0 saturated carbocycles. The maximum Gasteiger partial charge on any atom is 0.321 e. The monoisotopic (exact) mass is 312 g/mol. The van der Waals surface area contributed by atoms with Gasteiger partial charge in [0.2, 0.25) is 0 Å². The highest BCUT2D eigenvalue weighted by Gasteiger charge is 2.15. The van der Waals surface area contributed by atoms with Crippen LogP contribution in [0.4, 0.5) is 10.5 Å². The van der Waals surface area contributed by atoms with Crippen LogP contribution in [0.15, 0.2) is 42.5 Å². The van der Waals surface area contributed by atoms with Crippen molar-refractivity contribution in [3.63, 3.8) is 0 Å². The Morgan fingerprint density at radius 1 is 1.17 bits per heavy atom. The van der Waals surface area contributed by atoms with Crippen molar-refractivity contribution >= 4 is 11.7 Å². The zero-order valence-corrected chi connectivity index (χ0v) is 14.1. The molecule has 0 aliphatic heterocycles. The molecule has 0 bridgehead atoms. The molecule has 0 unspecified atom stereocenters. The van der Waals surface area contributed by atoms with Gasteiger partial charge in [0, 0.05) is 18.3 Å². The van der Waals surface area contributed by atoms with Crippen LogP contribution < -0.4 is 5.32 Å². The van der Waals surface area contributed by atoms with Gasteiger partial charge >= 0.3 is 6.03 Å². The van der Waals surface area contributed by atoms with Crippen molar-refractivity contribution < 1.29 is 9.90 Å². The zero-order chi connectivity index (χ0) is 17.0. The van der Waals surface area contributed by atoms with Crippen LogP contribution in [0.1, 0.15) is 36.5 Å². The normalized spacial score (nSPS) is 10.7. The Kier molecular flexibility index (Phi) is 5.27. The summed E-state index contributed by atoms with van der Waals surface area (Å²) < 4.78 is 0. The number of phenols is 1. The van der Waals surface area contributed by atoms with Crippen LogP contribution >= 0.6 is 0 Å². The number of urea groups is 1. The minimum atomic E-state index is -0.190. The quantitative estimate of drug-likeness (QED) is 0.874. The first-order valence-electron chi connectivity index (χ1n) is 7.78. The molecule has 2 N–H and O–H groups in total. The second-order valence-corrected chi connectivity index (χ2v) is 6.11. The Hall–Kier alpha value is -2.49. The third-order valence-electron chi connectivity index (χ3n) is 3.90. The molecule has 0 heterocycles. The fraction of sp³-hybridized carbons (Fsp3) is 0.316. The summed E-state index contributed by atoms with van der Waals surface area (Å²) in [5.41, 5.74) is 3.76. The fourth-order valence-electron chi connectivity index (χ4n) is 2.52. The predicted molar refractivity (Wildman–Crippen MR) is 93.9 cm³/mol. The van der Waals surface area contributed by atoms with Crippen molar-refractivity contribution in [3.8, 4) is 5.75 Å². The van der Waals surface area contributed by atoms with Gasteiger partial charge < -0.3 is 15.3 Å². The van der Waals surface area contributed by atoms with E-state index in [4.69, 9.17) is 0 Å². The van der Waals surface area contributed by atoms with Crippen LogP contribution in [0.2, 0.25) is 0 Å². The first kappa shape index (κ1) is 16.9. The maximum atomic E-state index is 12.5. The number of aromatic hydroxyl groups is 1. The molecule has 2 aromatic carbocycles. The summed E-state index contributed by atoms with van der Waals surface area (Å²) in [5, 5.41) is 12.8. The van der Waals surface area contributed by atoms with E-state index in [0.717, 1.165) is 22.4 Å². The summed E-state index contributed by atoms with van der Waals surface area (Å²) in [5.74, 6) is 0.527. The van der Waals surface area contributed by atoms with Gasteiger partial charge in [0.05, 0.1) is 6.54 Å². The van der Waals surface area contributed by atoms with E-state index in [9.17, 15) is 9.90 Å². The third-order valence-corrected chi connectivity index (χ3v) is 3.90. The molecular formula is C19H24N2O2. The molecular weight excluding hydrogens is 288 g/mol. The number of rotatable bonds is 4. The van der Waals surface area contributed by atoms with Crippen LogP contribution in [-0.4, -0.2) is 23.1 Å². The zero-order valence-electron chi connectivity index (χ0n) is 14.1. The lowest BCUT2D eigenvalue weighted by Crippen LogP contribution is -2.31. The highest BCUT2D eigenvalue weighted by Crippen LogP contribution is 2.27. The topological polar surface area (TPSA) is 52.6 Å². The molecule has 2 amide bonds. The Morgan fingerprint density at radius 3 is 2.52 bits per heavy atom. The number of benzene rings is 2. The number of hydrogen-bond donors (Lipinski definition) is 2. The van der Waals surface area contributed by atoms with Gasteiger partial charge in [-0.3, -0.25) is 0 Å². The van der Waals surface area contributed by atoms with Crippen molar-refractivity contribution in [2.24, 2.45) is 0 Å². The summed E-state index contributed by atoms with van der Waals surface area (Å²) in [7, 11) is 1.72. The SMILES string of the molecule is Cc1cccc(C(C)C)c1NC(=O)N(C)Cc1ccccc1O. The molecule has 0 spiro atoms. The van der Waals surface area contributed by atoms with Crippen molar-refractivity contribution in [3.05, 3.63) is 59.2 Å². The summed E-state index contributed by atoms with van der Waals surface area (Å²) in [6.45, 7) is 6.55. The standard InChI is InChI=1S/C19H24N2O2/c1-13(2)16-10-7-8-14(3)18(16)20-19(23)21(4)12-15-9-5-6-11-17(15)22/h5-11,13,22H,12H2,1-4H3,(H,20,23). The van der Waals surface area contributed by atoms with Gasteiger partial charge in [-0.2, -0.15) is 0 Å². The fourth-order valence-corrected chi connectivity index (χ4v) is 2.52. The summed E-state index contributed by atoms with van der Waals surface area (Å²) in [6.07, 6.45) is 0. The average Bonchev–Trinajstić information content (AvgIpc) is 2.51. The summed E-state index contributed by atoms with van der Waals surface area (Å²) in [6, 6.07) is 12.9.